The molecule has 0 radical (unpaired) electrons. The minimum Gasteiger partial charge on any atom is -0.466 e. The fourth-order valence-corrected chi connectivity index (χ4v) is 2.80. The van der Waals surface area contributed by atoms with E-state index in [1.165, 1.54) is 17.5 Å². The molecule has 1 N–H and O–H groups in total. The number of rotatable bonds is 5. The van der Waals surface area contributed by atoms with E-state index < -0.39 is 0 Å². The van der Waals surface area contributed by atoms with Crippen molar-refractivity contribution in [1.29, 1.82) is 0 Å². The summed E-state index contributed by atoms with van der Waals surface area (Å²) in [6, 6.07) is 9.00. The summed E-state index contributed by atoms with van der Waals surface area (Å²) in [5, 5.41) is 3.49. The predicted octanol–water partition coefficient (Wildman–Crippen LogP) is 3.17. The maximum atomic E-state index is 11.3. The van der Waals surface area contributed by atoms with E-state index in [1.807, 2.05) is 6.92 Å². The van der Waals surface area contributed by atoms with Crippen LogP contribution in [0.15, 0.2) is 24.3 Å². The third kappa shape index (κ3) is 3.57. The molecule has 0 fully saturated rings. The number of carbonyl (C=O) groups is 1. The molecular formula is C16H23NO2. The van der Waals surface area contributed by atoms with E-state index in [4.69, 9.17) is 4.74 Å². The number of benzene rings is 1. The molecule has 3 nitrogen and oxygen atoms in total. The van der Waals surface area contributed by atoms with E-state index in [9.17, 15) is 4.79 Å². The van der Waals surface area contributed by atoms with Gasteiger partial charge in [0.1, 0.15) is 0 Å². The van der Waals surface area contributed by atoms with Gasteiger partial charge in [-0.2, -0.15) is 0 Å². The fraction of sp³-hybridized carbons (Fsp3) is 0.562. The molecular weight excluding hydrogens is 238 g/mol. The molecule has 0 bridgehead atoms. The zero-order valence-corrected chi connectivity index (χ0v) is 11.8. The van der Waals surface area contributed by atoms with Crippen LogP contribution in [0, 0.1) is 0 Å². The highest BCUT2D eigenvalue weighted by atomic mass is 16.5. The summed E-state index contributed by atoms with van der Waals surface area (Å²) in [5.74, 6) is 0.520. The molecule has 1 aliphatic rings. The molecule has 19 heavy (non-hydrogen) atoms. The maximum absolute atomic E-state index is 11.3. The standard InChI is InChI=1S/C16H23NO2/c1-3-19-16(18)10-11-17-15-9-8-12(2)13-6-4-5-7-14(13)15/h4-7,12,15,17H,3,8-11H2,1-2H3. The highest BCUT2D eigenvalue weighted by molar-refractivity contribution is 5.69. The highest BCUT2D eigenvalue weighted by Crippen LogP contribution is 2.36. The summed E-state index contributed by atoms with van der Waals surface area (Å²) in [7, 11) is 0. The molecule has 0 saturated heterocycles. The van der Waals surface area contributed by atoms with Crippen molar-refractivity contribution in [1.82, 2.24) is 5.32 Å². The molecule has 104 valence electrons. The second kappa shape index (κ2) is 6.71. The zero-order valence-electron chi connectivity index (χ0n) is 11.8. The molecule has 0 aliphatic heterocycles. The van der Waals surface area contributed by atoms with Gasteiger partial charge in [-0.15, -0.1) is 0 Å². The third-order valence-electron chi connectivity index (χ3n) is 3.82. The lowest BCUT2D eigenvalue weighted by molar-refractivity contribution is -0.143. The Morgan fingerprint density at radius 3 is 2.79 bits per heavy atom. The van der Waals surface area contributed by atoms with Gasteiger partial charge in [-0.1, -0.05) is 31.2 Å². The van der Waals surface area contributed by atoms with E-state index in [1.54, 1.807) is 0 Å². The number of ether oxygens (including phenoxy) is 1. The van der Waals surface area contributed by atoms with Gasteiger partial charge in [0.2, 0.25) is 0 Å². The average molecular weight is 261 g/mol. The Morgan fingerprint density at radius 2 is 2.05 bits per heavy atom. The molecule has 3 heteroatoms. The van der Waals surface area contributed by atoms with E-state index in [0.29, 0.717) is 31.5 Å². The Labute approximate surface area is 115 Å². The lowest BCUT2D eigenvalue weighted by Crippen LogP contribution is -2.28. The molecule has 0 amide bonds. The van der Waals surface area contributed by atoms with Gasteiger partial charge < -0.3 is 10.1 Å². The van der Waals surface area contributed by atoms with Crippen molar-refractivity contribution in [3.8, 4) is 0 Å². The first-order chi connectivity index (χ1) is 9.22. The van der Waals surface area contributed by atoms with Crippen LogP contribution in [0.5, 0.6) is 0 Å². The van der Waals surface area contributed by atoms with Gasteiger partial charge in [0.15, 0.2) is 0 Å². The van der Waals surface area contributed by atoms with E-state index >= 15 is 0 Å². The van der Waals surface area contributed by atoms with Crippen LogP contribution in [-0.2, 0) is 9.53 Å². The first kappa shape index (κ1) is 14.1. The quantitative estimate of drug-likeness (QED) is 0.827. The molecule has 2 atom stereocenters. The summed E-state index contributed by atoms with van der Waals surface area (Å²) < 4.78 is 4.94. The first-order valence-corrected chi connectivity index (χ1v) is 7.20. The molecule has 1 aromatic rings. The number of carbonyl (C=O) groups excluding carboxylic acids is 1. The van der Waals surface area contributed by atoms with Gasteiger partial charge in [0.25, 0.3) is 0 Å². The van der Waals surface area contributed by atoms with Gasteiger partial charge in [-0.3, -0.25) is 4.79 Å². The van der Waals surface area contributed by atoms with Gasteiger partial charge in [-0.25, -0.2) is 0 Å². The van der Waals surface area contributed by atoms with Gasteiger partial charge in [-0.05, 0) is 36.8 Å². The number of esters is 1. The van der Waals surface area contributed by atoms with Crippen molar-refractivity contribution in [2.45, 2.75) is 45.1 Å². The largest absolute Gasteiger partial charge is 0.466 e. The van der Waals surface area contributed by atoms with Crippen molar-refractivity contribution in [3.63, 3.8) is 0 Å². The lowest BCUT2D eigenvalue weighted by atomic mass is 9.81. The molecule has 1 aromatic carbocycles. The Balaban J connectivity index is 1.92. The predicted molar refractivity (Wildman–Crippen MR) is 76.1 cm³/mol. The summed E-state index contributed by atoms with van der Waals surface area (Å²) in [6.07, 6.45) is 2.79. The van der Waals surface area contributed by atoms with Crippen LogP contribution in [-0.4, -0.2) is 19.1 Å². The summed E-state index contributed by atoms with van der Waals surface area (Å²) in [4.78, 5) is 11.3. The molecule has 2 unspecified atom stereocenters. The van der Waals surface area contributed by atoms with Gasteiger partial charge in [0, 0.05) is 12.6 Å². The summed E-state index contributed by atoms with van der Waals surface area (Å²) in [6.45, 7) is 5.27. The minimum absolute atomic E-state index is 0.118. The van der Waals surface area contributed by atoms with Crippen molar-refractivity contribution in [2.75, 3.05) is 13.2 Å². The zero-order chi connectivity index (χ0) is 13.7. The number of hydrogen-bond donors (Lipinski definition) is 1. The van der Waals surface area contributed by atoms with Crippen LogP contribution < -0.4 is 5.32 Å². The topological polar surface area (TPSA) is 38.3 Å². The fourth-order valence-electron chi connectivity index (χ4n) is 2.80. The van der Waals surface area contributed by atoms with Crippen LogP contribution in [0.2, 0.25) is 0 Å². The molecule has 0 spiro atoms. The van der Waals surface area contributed by atoms with Crippen molar-refractivity contribution < 1.29 is 9.53 Å². The SMILES string of the molecule is CCOC(=O)CCNC1CCC(C)c2ccccc21. The van der Waals surface area contributed by atoms with Crippen molar-refractivity contribution in [3.05, 3.63) is 35.4 Å². The molecule has 2 rings (SSSR count). The van der Waals surface area contributed by atoms with Crippen LogP contribution >= 0.6 is 0 Å². The molecule has 1 aliphatic carbocycles. The molecule has 0 heterocycles. The Morgan fingerprint density at radius 1 is 1.32 bits per heavy atom. The summed E-state index contributed by atoms with van der Waals surface area (Å²) >= 11 is 0. The van der Waals surface area contributed by atoms with Crippen LogP contribution in [0.4, 0.5) is 0 Å². The van der Waals surface area contributed by atoms with E-state index in [2.05, 4.69) is 36.5 Å². The lowest BCUT2D eigenvalue weighted by Gasteiger charge is -2.30. The van der Waals surface area contributed by atoms with Gasteiger partial charge in [0.05, 0.1) is 13.0 Å². The minimum atomic E-state index is -0.118. The third-order valence-corrected chi connectivity index (χ3v) is 3.82. The summed E-state index contributed by atoms with van der Waals surface area (Å²) in [5.41, 5.74) is 2.84. The Hall–Kier alpha value is -1.35. The number of nitrogens with one attached hydrogen (secondary N) is 1. The van der Waals surface area contributed by atoms with E-state index in [0.717, 1.165) is 6.42 Å². The van der Waals surface area contributed by atoms with Crippen LogP contribution in [0.1, 0.15) is 56.2 Å². The van der Waals surface area contributed by atoms with Crippen molar-refractivity contribution in [2.24, 2.45) is 0 Å². The van der Waals surface area contributed by atoms with E-state index in [-0.39, 0.29) is 5.97 Å². The highest BCUT2D eigenvalue weighted by Gasteiger charge is 2.23. The average Bonchev–Trinajstić information content (AvgIpc) is 2.42. The Kier molecular flexibility index (Phi) is 4.97. The molecule has 0 aromatic heterocycles. The smallest absolute Gasteiger partial charge is 0.307 e. The number of fused-ring (bicyclic) bond motifs is 1. The normalized spacial score (nSPS) is 21.8. The van der Waals surface area contributed by atoms with Crippen molar-refractivity contribution >= 4 is 5.97 Å². The second-order valence-electron chi connectivity index (χ2n) is 5.17. The van der Waals surface area contributed by atoms with Crippen LogP contribution in [0.25, 0.3) is 0 Å². The molecule has 0 saturated carbocycles. The Bertz CT molecular complexity index is 431. The maximum Gasteiger partial charge on any atom is 0.307 e. The number of hydrogen-bond acceptors (Lipinski definition) is 3. The monoisotopic (exact) mass is 261 g/mol. The van der Waals surface area contributed by atoms with Gasteiger partial charge >= 0.3 is 5.97 Å². The second-order valence-corrected chi connectivity index (χ2v) is 5.17. The van der Waals surface area contributed by atoms with Crippen LogP contribution in [0.3, 0.4) is 0 Å². The first-order valence-electron chi connectivity index (χ1n) is 7.20.